The van der Waals surface area contributed by atoms with Crippen LogP contribution in [-0.4, -0.2) is 29.9 Å². The number of halogens is 3. The quantitative estimate of drug-likeness (QED) is 0.559. The molecule has 1 aliphatic carbocycles. The van der Waals surface area contributed by atoms with E-state index in [1.54, 1.807) is 0 Å². The van der Waals surface area contributed by atoms with E-state index in [0.29, 0.717) is 23.1 Å². The molecule has 0 bridgehead atoms. The predicted molar refractivity (Wildman–Crippen MR) is 113 cm³/mol. The minimum atomic E-state index is -4.40. The predicted octanol–water partition coefficient (Wildman–Crippen LogP) is 5.30. The van der Waals surface area contributed by atoms with Crippen LogP contribution in [0.25, 0.3) is 10.9 Å². The van der Waals surface area contributed by atoms with Crippen LogP contribution in [0.1, 0.15) is 54.0 Å². The highest BCUT2D eigenvalue weighted by molar-refractivity contribution is 5.86. The average molecular weight is 429 g/mol. The molecule has 164 valence electrons. The number of aromatic amines is 1. The van der Waals surface area contributed by atoms with E-state index in [9.17, 15) is 13.2 Å². The van der Waals surface area contributed by atoms with Crippen LogP contribution in [0, 0.1) is 0 Å². The van der Waals surface area contributed by atoms with E-state index in [-0.39, 0.29) is 17.9 Å². The monoisotopic (exact) mass is 429 g/mol. The number of fused-ring (bicyclic) bond motifs is 1. The fraction of sp³-hybridized carbons (Fsp3) is 0.458. The highest BCUT2D eigenvalue weighted by Crippen LogP contribution is 2.44. The van der Waals surface area contributed by atoms with E-state index in [0.717, 1.165) is 44.5 Å². The van der Waals surface area contributed by atoms with Gasteiger partial charge in [-0.2, -0.15) is 18.3 Å². The number of ether oxygens (including phenoxy) is 1. The van der Waals surface area contributed by atoms with Gasteiger partial charge in [-0.15, -0.1) is 0 Å². The number of benzene rings is 2. The first kappa shape index (κ1) is 20.5. The summed E-state index contributed by atoms with van der Waals surface area (Å²) in [5.74, 6) is 0.266. The van der Waals surface area contributed by atoms with Crippen molar-refractivity contribution in [3.05, 3.63) is 64.8 Å². The second-order valence-electron chi connectivity index (χ2n) is 8.83. The molecule has 2 fully saturated rings. The summed E-state index contributed by atoms with van der Waals surface area (Å²) < 4.78 is 46.8. The van der Waals surface area contributed by atoms with Crippen molar-refractivity contribution < 1.29 is 17.9 Å². The summed E-state index contributed by atoms with van der Waals surface area (Å²) in [7, 11) is 0. The van der Waals surface area contributed by atoms with Crippen LogP contribution in [0.3, 0.4) is 0 Å². The van der Waals surface area contributed by atoms with Gasteiger partial charge in [0.2, 0.25) is 0 Å². The SMILES string of the molecule is FC(F)(F)c1cc(COCC2(c3ccccc3)CCNCC2)c2[nH]nc(C3CC3)c2c1. The molecule has 0 atom stereocenters. The first-order chi connectivity index (χ1) is 15.0. The van der Waals surface area contributed by atoms with E-state index in [4.69, 9.17) is 4.74 Å². The molecule has 4 nitrogen and oxygen atoms in total. The molecule has 0 amide bonds. The molecule has 1 saturated heterocycles. The van der Waals surface area contributed by atoms with Crippen molar-refractivity contribution in [2.24, 2.45) is 0 Å². The van der Waals surface area contributed by atoms with Crippen LogP contribution < -0.4 is 5.32 Å². The Labute approximate surface area is 179 Å². The van der Waals surface area contributed by atoms with Gasteiger partial charge in [-0.25, -0.2) is 0 Å². The Morgan fingerprint density at radius 2 is 1.81 bits per heavy atom. The number of aromatic nitrogens is 2. The second-order valence-corrected chi connectivity index (χ2v) is 8.83. The Morgan fingerprint density at radius 3 is 2.48 bits per heavy atom. The first-order valence-electron chi connectivity index (χ1n) is 10.9. The molecule has 31 heavy (non-hydrogen) atoms. The normalized spacial score (nSPS) is 19.1. The molecule has 1 saturated carbocycles. The number of hydrogen-bond donors (Lipinski definition) is 2. The van der Waals surface area contributed by atoms with Gasteiger partial charge in [-0.05, 0) is 56.5 Å². The van der Waals surface area contributed by atoms with Crippen LogP contribution in [0.5, 0.6) is 0 Å². The van der Waals surface area contributed by atoms with E-state index in [1.165, 1.54) is 17.7 Å². The van der Waals surface area contributed by atoms with Gasteiger partial charge >= 0.3 is 6.18 Å². The highest BCUT2D eigenvalue weighted by Gasteiger charge is 2.36. The number of hydrogen-bond acceptors (Lipinski definition) is 3. The molecule has 7 heteroatoms. The summed E-state index contributed by atoms with van der Waals surface area (Å²) in [5.41, 5.74) is 2.39. The molecule has 0 radical (unpaired) electrons. The number of rotatable bonds is 6. The molecular formula is C24H26F3N3O. The van der Waals surface area contributed by atoms with Gasteiger partial charge < -0.3 is 10.1 Å². The minimum absolute atomic E-state index is 0.120. The number of H-pyrrole nitrogens is 1. The van der Waals surface area contributed by atoms with Crippen molar-refractivity contribution in [3.8, 4) is 0 Å². The fourth-order valence-corrected chi connectivity index (χ4v) is 4.73. The lowest BCUT2D eigenvalue weighted by Gasteiger charge is -2.38. The van der Waals surface area contributed by atoms with E-state index in [2.05, 4.69) is 27.6 Å². The number of nitrogens with one attached hydrogen (secondary N) is 2. The van der Waals surface area contributed by atoms with Crippen LogP contribution in [-0.2, 0) is 22.9 Å². The van der Waals surface area contributed by atoms with Crippen LogP contribution >= 0.6 is 0 Å². The molecule has 0 unspecified atom stereocenters. The third-order valence-electron chi connectivity index (χ3n) is 6.66. The second kappa shape index (κ2) is 7.95. The Hall–Kier alpha value is -2.38. The molecule has 2 N–H and O–H groups in total. The van der Waals surface area contributed by atoms with Gasteiger partial charge in [-0.1, -0.05) is 30.3 Å². The summed E-state index contributed by atoms with van der Waals surface area (Å²) in [4.78, 5) is 0. The van der Waals surface area contributed by atoms with Gasteiger partial charge in [0.05, 0.1) is 30.0 Å². The third kappa shape index (κ3) is 4.08. The molecule has 2 aliphatic rings. The average Bonchev–Trinajstić information content (AvgIpc) is 3.53. The molecule has 5 rings (SSSR count). The smallest absolute Gasteiger partial charge is 0.376 e. The molecule has 1 aromatic heterocycles. The Morgan fingerprint density at radius 1 is 1.06 bits per heavy atom. The maximum absolute atomic E-state index is 13.6. The van der Waals surface area contributed by atoms with Gasteiger partial charge in [0.1, 0.15) is 0 Å². The number of nitrogens with zero attached hydrogens (tertiary/aromatic N) is 1. The van der Waals surface area contributed by atoms with Gasteiger partial charge in [0.15, 0.2) is 0 Å². The molecule has 1 aliphatic heterocycles. The van der Waals surface area contributed by atoms with Gasteiger partial charge in [-0.3, -0.25) is 5.10 Å². The fourth-order valence-electron chi connectivity index (χ4n) is 4.73. The van der Waals surface area contributed by atoms with E-state index in [1.807, 2.05) is 18.2 Å². The summed E-state index contributed by atoms with van der Waals surface area (Å²) >= 11 is 0. The van der Waals surface area contributed by atoms with Crippen LogP contribution in [0.2, 0.25) is 0 Å². The summed E-state index contributed by atoms with van der Waals surface area (Å²) in [6.45, 7) is 2.39. The lowest BCUT2D eigenvalue weighted by Crippen LogP contribution is -2.43. The molecule has 0 spiro atoms. The highest BCUT2D eigenvalue weighted by atomic mass is 19.4. The largest absolute Gasteiger partial charge is 0.416 e. The van der Waals surface area contributed by atoms with Gasteiger partial charge in [0, 0.05) is 22.3 Å². The third-order valence-corrected chi connectivity index (χ3v) is 6.66. The van der Waals surface area contributed by atoms with Crippen molar-refractivity contribution in [2.45, 2.75) is 49.8 Å². The first-order valence-corrected chi connectivity index (χ1v) is 10.9. The number of alkyl halides is 3. The van der Waals surface area contributed by atoms with Crippen molar-refractivity contribution in [2.75, 3.05) is 19.7 Å². The standard InChI is InChI=1S/C24H26F3N3O/c25-24(26,27)19-12-17(22-20(13-19)21(29-30-22)16-6-7-16)14-31-15-23(8-10-28-11-9-23)18-4-2-1-3-5-18/h1-5,12-13,16,28H,6-11,14-15H2,(H,29,30). The molecule has 2 aromatic carbocycles. The number of piperidine rings is 1. The zero-order valence-corrected chi connectivity index (χ0v) is 17.3. The summed E-state index contributed by atoms with van der Waals surface area (Å²) in [6, 6.07) is 12.7. The van der Waals surface area contributed by atoms with Crippen molar-refractivity contribution in [1.29, 1.82) is 0 Å². The van der Waals surface area contributed by atoms with E-state index < -0.39 is 11.7 Å². The van der Waals surface area contributed by atoms with Crippen LogP contribution in [0.4, 0.5) is 13.2 Å². The zero-order chi connectivity index (χ0) is 21.5. The minimum Gasteiger partial charge on any atom is -0.376 e. The molecular weight excluding hydrogens is 403 g/mol. The topological polar surface area (TPSA) is 49.9 Å². The Balaban J connectivity index is 1.42. The van der Waals surface area contributed by atoms with Crippen LogP contribution in [0.15, 0.2) is 42.5 Å². The summed E-state index contributed by atoms with van der Waals surface area (Å²) in [5, 5.41) is 11.3. The maximum Gasteiger partial charge on any atom is 0.416 e. The Bertz CT molecular complexity index is 1050. The van der Waals surface area contributed by atoms with Gasteiger partial charge in [0.25, 0.3) is 0 Å². The lowest BCUT2D eigenvalue weighted by atomic mass is 9.74. The lowest BCUT2D eigenvalue weighted by molar-refractivity contribution is -0.137. The molecule has 3 aromatic rings. The van der Waals surface area contributed by atoms with E-state index >= 15 is 0 Å². The maximum atomic E-state index is 13.6. The van der Waals surface area contributed by atoms with Crippen molar-refractivity contribution in [3.63, 3.8) is 0 Å². The van der Waals surface area contributed by atoms with Crippen molar-refractivity contribution >= 4 is 10.9 Å². The summed E-state index contributed by atoms with van der Waals surface area (Å²) in [6.07, 6.45) is -0.567. The Kier molecular flexibility index (Phi) is 5.26. The molecule has 2 heterocycles. The zero-order valence-electron chi connectivity index (χ0n) is 17.3. The van der Waals surface area contributed by atoms with Crippen molar-refractivity contribution in [1.82, 2.24) is 15.5 Å².